The summed E-state index contributed by atoms with van der Waals surface area (Å²) in [4.78, 5) is 11.0. The van der Waals surface area contributed by atoms with Gasteiger partial charge in [-0.3, -0.25) is 0 Å². The van der Waals surface area contributed by atoms with Crippen LogP contribution in [-0.4, -0.2) is 22.5 Å². The number of aromatic carboxylic acids is 1. The molecule has 2 aromatic rings. The first-order valence-electron chi connectivity index (χ1n) is 5.79. The molecule has 0 radical (unpaired) electrons. The van der Waals surface area contributed by atoms with Crippen LogP contribution in [0.15, 0.2) is 36.4 Å². The first-order chi connectivity index (χ1) is 10.2. The van der Waals surface area contributed by atoms with Crippen LogP contribution < -0.4 is 4.74 Å². The van der Waals surface area contributed by atoms with E-state index in [1.807, 2.05) is 0 Å². The van der Waals surface area contributed by atoms with Crippen molar-refractivity contribution in [3.8, 4) is 22.6 Å². The van der Waals surface area contributed by atoms with Gasteiger partial charge in [-0.2, -0.15) is 0 Å². The predicted molar refractivity (Wildman–Crippen MR) is 72.2 cm³/mol. The number of rotatable bonds is 3. The van der Waals surface area contributed by atoms with E-state index in [1.165, 1.54) is 24.3 Å². The predicted octanol–water partition coefficient (Wildman–Crippen LogP) is 4.31. The molecule has 0 aliphatic heterocycles. The number of benzene rings is 2. The van der Waals surface area contributed by atoms with E-state index in [9.17, 15) is 23.1 Å². The minimum Gasteiger partial charge on any atom is -0.508 e. The third kappa shape index (κ3) is 3.82. The van der Waals surface area contributed by atoms with Gasteiger partial charge in [0.25, 0.3) is 0 Å². The smallest absolute Gasteiger partial charge is 0.508 e. The van der Waals surface area contributed by atoms with Crippen molar-refractivity contribution < 1.29 is 32.9 Å². The quantitative estimate of drug-likeness (QED) is 0.879. The number of phenols is 1. The lowest BCUT2D eigenvalue weighted by Crippen LogP contribution is -2.17. The number of halogens is 4. The molecule has 4 nitrogen and oxygen atoms in total. The monoisotopic (exact) mass is 332 g/mol. The molecule has 0 bridgehead atoms. The Balaban J connectivity index is 2.49. The minimum absolute atomic E-state index is 0.0110. The molecule has 2 N–H and O–H groups in total. The van der Waals surface area contributed by atoms with E-state index in [0.717, 1.165) is 12.1 Å². The van der Waals surface area contributed by atoms with Gasteiger partial charge in [-0.1, -0.05) is 17.7 Å². The fraction of sp³-hybridized carbons (Fsp3) is 0.0714. The summed E-state index contributed by atoms with van der Waals surface area (Å²) in [7, 11) is 0. The number of carbonyl (C=O) groups is 1. The van der Waals surface area contributed by atoms with Crippen LogP contribution in [0.3, 0.4) is 0 Å². The van der Waals surface area contributed by atoms with Crippen molar-refractivity contribution >= 4 is 17.6 Å². The van der Waals surface area contributed by atoms with Crippen LogP contribution in [0.25, 0.3) is 11.1 Å². The molecular formula is C14H8ClF3O4. The highest BCUT2D eigenvalue weighted by molar-refractivity contribution is 6.33. The first-order valence-corrected chi connectivity index (χ1v) is 6.16. The highest BCUT2D eigenvalue weighted by Gasteiger charge is 2.31. The standard InChI is InChI=1S/C14H8ClF3O4/c15-12-2-1-7(5-11(12)13(20)21)8-3-9(19)6-10(4-8)22-14(16,17)18/h1-6,19H,(H,20,21). The molecule has 0 heterocycles. The molecule has 0 aliphatic rings. The van der Waals surface area contributed by atoms with E-state index in [2.05, 4.69) is 4.74 Å². The average Bonchev–Trinajstić information content (AvgIpc) is 2.35. The lowest BCUT2D eigenvalue weighted by atomic mass is 10.0. The maximum atomic E-state index is 12.2. The number of carboxylic acids is 1. The van der Waals surface area contributed by atoms with Crippen molar-refractivity contribution in [2.75, 3.05) is 0 Å². The molecular weight excluding hydrogens is 325 g/mol. The number of hydrogen-bond donors (Lipinski definition) is 2. The summed E-state index contributed by atoms with van der Waals surface area (Å²) in [5.74, 6) is -2.35. The molecule has 0 spiro atoms. The lowest BCUT2D eigenvalue weighted by Gasteiger charge is -2.11. The van der Waals surface area contributed by atoms with E-state index in [4.69, 9.17) is 16.7 Å². The second-order valence-corrected chi connectivity index (χ2v) is 4.67. The lowest BCUT2D eigenvalue weighted by molar-refractivity contribution is -0.274. The largest absolute Gasteiger partial charge is 0.573 e. The summed E-state index contributed by atoms with van der Waals surface area (Å²) in [6, 6.07) is 6.91. The first kappa shape index (κ1) is 16.0. The number of alkyl halides is 3. The Morgan fingerprint density at radius 1 is 1.09 bits per heavy atom. The van der Waals surface area contributed by atoms with Gasteiger partial charge in [0.1, 0.15) is 11.5 Å². The summed E-state index contributed by atoms with van der Waals surface area (Å²) in [6.07, 6.45) is -4.91. The van der Waals surface area contributed by atoms with Crippen molar-refractivity contribution in [1.29, 1.82) is 0 Å². The second-order valence-electron chi connectivity index (χ2n) is 4.26. The molecule has 0 fully saturated rings. The molecule has 0 aliphatic carbocycles. The van der Waals surface area contributed by atoms with Gasteiger partial charge in [-0.15, -0.1) is 13.2 Å². The van der Waals surface area contributed by atoms with Crippen molar-refractivity contribution in [1.82, 2.24) is 0 Å². The Bertz CT molecular complexity index is 729. The maximum absolute atomic E-state index is 12.2. The Kier molecular flexibility index (Phi) is 4.18. The van der Waals surface area contributed by atoms with Gasteiger partial charge in [0.05, 0.1) is 10.6 Å². The number of hydrogen-bond acceptors (Lipinski definition) is 3. The number of ether oxygens (including phenoxy) is 1. The molecule has 0 saturated heterocycles. The molecule has 8 heteroatoms. The molecule has 0 amide bonds. The molecule has 0 atom stereocenters. The van der Waals surface area contributed by atoms with E-state index in [1.54, 1.807) is 0 Å². The van der Waals surface area contributed by atoms with Crippen molar-refractivity contribution in [3.05, 3.63) is 47.0 Å². The molecule has 2 aromatic carbocycles. The van der Waals surface area contributed by atoms with Gasteiger partial charge in [-0.05, 0) is 35.4 Å². The fourth-order valence-electron chi connectivity index (χ4n) is 1.81. The summed E-state index contributed by atoms with van der Waals surface area (Å²) in [5.41, 5.74) is 0.212. The summed E-state index contributed by atoms with van der Waals surface area (Å²) < 4.78 is 40.4. The number of carboxylic acid groups (broad SMARTS) is 1. The molecule has 0 aromatic heterocycles. The van der Waals surface area contributed by atoms with Crippen molar-refractivity contribution in [2.24, 2.45) is 0 Å². The molecule has 0 unspecified atom stereocenters. The van der Waals surface area contributed by atoms with Crippen LogP contribution in [0.5, 0.6) is 11.5 Å². The van der Waals surface area contributed by atoms with Gasteiger partial charge < -0.3 is 14.9 Å². The zero-order valence-electron chi connectivity index (χ0n) is 10.7. The summed E-state index contributed by atoms with van der Waals surface area (Å²) in [5, 5.41) is 18.5. The zero-order valence-corrected chi connectivity index (χ0v) is 11.4. The van der Waals surface area contributed by atoms with Crippen LogP contribution in [0, 0.1) is 0 Å². The third-order valence-electron chi connectivity index (χ3n) is 2.65. The Morgan fingerprint density at radius 2 is 1.77 bits per heavy atom. The average molecular weight is 333 g/mol. The summed E-state index contributed by atoms with van der Waals surface area (Å²) >= 11 is 5.72. The Hall–Kier alpha value is -2.41. The van der Waals surface area contributed by atoms with Gasteiger partial charge in [0.15, 0.2) is 0 Å². The van der Waals surface area contributed by atoms with E-state index in [-0.39, 0.29) is 21.7 Å². The van der Waals surface area contributed by atoms with Gasteiger partial charge in [0, 0.05) is 6.07 Å². The third-order valence-corrected chi connectivity index (χ3v) is 2.98. The number of phenolic OH excluding ortho intramolecular Hbond substituents is 1. The van der Waals surface area contributed by atoms with Crippen LogP contribution in [0.4, 0.5) is 13.2 Å². The fourth-order valence-corrected chi connectivity index (χ4v) is 2.01. The van der Waals surface area contributed by atoms with Crippen LogP contribution in [0.2, 0.25) is 5.02 Å². The minimum atomic E-state index is -4.91. The van der Waals surface area contributed by atoms with E-state index >= 15 is 0 Å². The van der Waals surface area contributed by atoms with Crippen molar-refractivity contribution in [2.45, 2.75) is 6.36 Å². The zero-order chi connectivity index (χ0) is 16.5. The topological polar surface area (TPSA) is 66.8 Å². The SMILES string of the molecule is O=C(O)c1cc(-c2cc(O)cc(OC(F)(F)F)c2)ccc1Cl. The van der Waals surface area contributed by atoms with E-state index < -0.39 is 23.8 Å². The van der Waals surface area contributed by atoms with Gasteiger partial charge in [0.2, 0.25) is 0 Å². The molecule has 0 saturated carbocycles. The number of aromatic hydroxyl groups is 1. The normalized spacial score (nSPS) is 11.3. The Labute approximate surface area is 127 Å². The van der Waals surface area contributed by atoms with Gasteiger partial charge >= 0.3 is 12.3 Å². The van der Waals surface area contributed by atoms with E-state index in [0.29, 0.717) is 0 Å². The van der Waals surface area contributed by atoms with Gasteiger partial charge in [-0.25, -0.2) is 4.79 Å². The van der Waals surface area contributed by atoms with Crippen LogP contribution in [-0.2, 0) is 0 Å². The highest BCUT2D eigenvalue weighted by atomic mass is 35.5. The maximum Gasteiger partial charge on any atom is 0.573 e. The molecule has 22 heavy (non-hydrogen) atoms. The van der Waals surface area contributed by atoms with Crippen molar-refractivity contribution in [3.63, 3.8) is 0 Å². The van der Waals surface area contributed by atoms with Crippen LogP contribution >= 0.6 is 11.6 Å². The van der Waals surface area contributed by atoms with Crippen LogP contribution in [0.1, 0.15) is 10.4 Å². The highest BCUT2D eigenvalue weighted by Crippen LogP contribution is 2.33. The molecule has 116 valence electrons. The second kappa shape index (κ2) is 5.76. The molecule has 2 rings (SSSR count). The summed E-state index contributed by atoms with van der Waals surface area (Å²) in [6.45, 7) is 0. The Morgan fingerprint density at radius 3 is 2.36 bits per heavy atom.